The molecular formula is C15H26N4O3S. The van der Waals surface area contributed by atoms with E-state index >= 15 is 0 Å². The van der Waals surface area contributed by atoms with Crippen molar-refractivity contribution >= 4 is 10.2 Å². The third-order valence-corrected chi connectivity index (χ3v) is 6.83. The summed E-state index contributed by atoms with van der Waals surface area (Å²) in [6.45, 7) is 6.30. The monoisotopic (exact) mass is 342 g/mol. The van der Waals surface area contributed by atoms with Crippen LogP contribution in [0.2, 0.25) is 0 Å². The third-order valence-electron chi connectivity index (χ3n) is 4.79. The number of rotatable bonds is 3. The summed E-state index contributed by atoms with van der Waals surface area (Å²) in [6.07, 6.45) is 4.10. The Labute approximate surface area is 138 Å². The molecule has 1 aromatic heterocycles. The minimum absolute atomic E-state index is 0.296. The van der Waals surface area contributed by atoms with Crippen LogP contribution >= 0.6 is 0 Å². The first-order valence-corrected chi connectivity index (χ1v) is 9.77. The van der Waals surface area contributed by atoms with E-state index in [1.165, 1.54) is 0 Å². The number of morpholine rings is 1. The molecule has 0 aliphatic carbocycles. The van der Waals surface area contributed by atoms with Crippen LogP contribution in [0, 0.1) is 13.8 Å². The molecule has 2 aliphatic rings. The second-order valence-electron chi connectivity index (χ2n) is 6.37. The molecule has 7 nitrogen and oxygen atoms in total. The van der Waals surface area contributed by atoms with E-state index in [9.17, 15) is 8.42 Å². The summed E-state index contributed by atoms with van der Waals surface area (Å²) in [4.78, 5) is 0. The first kappa shape index (κ1) is 16.9. The Balaban J connectivity index is 1.91. The van der Waals surface area contributed by atoms with Crippen LogP contribution in [0.4, 0.5) is 0 Å². The average molecular weight is 342 g/mol. The summed E-state index contributed by atoms with van der Waals surface area (Å²) in [7, 11) is -3.47. The molecule has 0 unspecified atom stereocenters. The molecule has 0 bridgehead atoms. The highest BCUT2D eigenvalue weighted by molar-refractivity contribution is 7.86. The van der Waals surface area contributed by atoms with Gasteiger partial charge in [0.15, 0.2) is 0 Å². The lowest BCUT2D eigenvalue weighted by atomic mass is 10.1. The number of nitrogens with zero attached hydrogens (tertiary/aromatic N) is 3. The van der Waals surface area contributed by atoms with Crippen LogP contribution in [-0.2, 0) is 14.9 Å². The van der Waals surface area contributed by atoms with Gasteiger partial charge in [0, 0.05) is 30.9 Å². The molecule has 23 heavy (non-hydrogen) atoms. The molecular weight excluding hydrogens is 316 g/mol. The van der Waals surface area contributed by atoms with Crippen LogP contribution < -0.4 is 0 Å². The predicted molar refractivity (Wildman–Crippen MR) is 87.3 cm³/mol. The van der Waals surface area contributed by atoms with E-state index in [0.717, 1.165) is 42.6 Å². The van der Waals surface area contributed by atoms with E-state index in [1.54, 1.807) is 8.61 Å². The van der Waals surface area contributed by atoms with E-state index < -0.39 is 10.2 Å². The number of aromatic amines is 1. The molecule has 3 heterocycles. The van der Waals surface area contributed by atoms with Crippen molar-refractivity contribution in [2.75, 3.05) is 32.8 Å². The topological polar surface area (TPSA) is 78.5 Å². The number of nitrogens with one attached hydrogen (secondary N) is 1. The molecule has 0 aromatic carbocycles. The lowest BCUT2D eigenvalue weighted by Gasteiger charge is -2.37. The van der Waals surface area contributed by atoms with Gasteiger partial charge in [0.1, 0.15) is 0 Å². The zero-order valence-corrected chi connectivity index (χ0v) is 14.7. The van der Waals surface area contributed by atoms with Gasteiger partial charge in [-0.25, -0.2) is 0 Å². The van der Waals surface area contributed by atoms with E-state index in [0.29, 0.717) is 32.8 Å². The van der Waals surface area contributed by atoms with E-state index in [2.05, 4.69) is 10.2 Å². The first-order valence-electron chi connectivity index (χ1n) is 8.38. The molecule has 0 radical (unpaired) electrons. The lowest BCUT2D eigenvalue weighted by molar-refractivity contribution is 0.0287. The summed E-state index contributed by atoms with van der Waals surface area (Å²) in [5, 5.41) is 7.17. The van der Waals surface area contributed by atoms with Crippen LogP contribution in [0.5, 0.6) is 0 Å². The summed E-state index contributed by atoms with van der Waals surface area (Å²) >= 11 is 0. The highest BCUT2D eigenvalue weighted by Crippen LogP contribution is 2.32. The molecule has 0 spiro atoms. The van der Waals surface area contributed by atoms with Crippen molar-refractivity contribution in [3.8, 4) is 0 Å². The Hall–Kier alpha value is -0.960. The van der Waals surface area contributed by atoms with Gasteiger partial charge in [-0.1, -0.05) is 12.8 Å². The second kappa shape index (κ2) is 6.88. The number of ether oxygens (including phenoxy) is 1. The molecule has 1 N–H and O–H groups in total. The van der Waals surface area contributed by atoms with Crippen molar-refractivity contribution in [2.45, 2.75) is 45.6 Å². The number of aryl methyl sites for hydroxylation is 2. The van der Waals surface area contributed by atoms with Crippen LogP contribution in [-0.4, -0.2) is 60.1 Å². The fraction of sp³-hybridized carbons (Fsp3) is 0.800. The minimum atomic E-state index is -3.47. The maximum absolute atomic E-state index is 13.2. The number of H-pyrrole nitrogens is 1. The van der Waals surface area contributed by atoms with E-state index in [4.69, 9.17) is 4.74 Å². The van der Waals surface area contributed by atoms with E-state index in [1.807, 2.05) is 13.8 Å². The molecule has 1 aromatic rings. The quantitative estimate of drug-likeness (QED) is 0.903. The Bertz CT molecular complexity index is 616. The standard InChI is InChI=1S/C15H26N4O3S/c1-12-15(13(2)17-16-12)14-11-22-10-9-19(14)23(20,21)18-7-5-3-4-6-8-18/h14H,3-11H2,1-2H3,(H,16,17)/t14-/m1/s1. The summed E-state index contributed by atoms with van der Waals surface area (Å²) in [6, 6.07) is -0.296. The van der Waals surface area contributed by atoms with Crippen molar-refractivity contribution in [1.82, 2.24) is 18.8 Å². The predicted octanol–water partition coefficient (Wildman–Crippen LogP) is 1.52. The maximum Gasteiger partial charge on any atom is 0.282 e. The SMILES string of the molecule is Cc1n[nH]c(C)c1[C@H]1COCCN1S(=O)(=O)N1CCCCCC1. The Morgan fingerprint density at radius 2 is 1.83 bits per heavy atom. The zero-order chi connectivity index (χ0) is 16.4. The summed E-state index contributed by atoms with van der Waals surface area (Å²) in [5.74, 6) is 0. The van der Waals surface area contributed by atoms with Crippen molar-refractivity contribution < 1.29 is 13.2 Å². The van der Waals surface area contributed by atoms with Crippen LogP contribution in [0.3, 0.4) is 0 Å². The van der Waals surface area contributed by atoms with Crippen LogP contribution in [0.25, 0.3) is 0 Å². The Morgan fingerprint density at radius 3 is 2.43 bits per heavy atom. The molecule has 3 rings (SSSR count). The van der Waals surface area contributed by atoms with Crippen LogP contribution in [0.1, 0.15) is 48.7 Å². The van der Waals surface area contributed by atoms with Gasteiger partial charge >= 0.3 is 0 Å². The number of hydrogen-bond acceptors (Lipinski definition) is 4. The van der Waals surface area contributed by atoms with Crippen molar-refractivity contribution in [1.29, 1.82) is 0 Å². The highest BCUT2D eigenvalue weighted by atomic mass is 32.2. The smallest absolute Gasteiger partial charge is 0.282 e. The van der Waals surface area contributed by atoms with E-state index in [-0.39, 0.29) is 6.04 Å². The molecule has 0 amide bonds. The van der Waals surface area contributed by atoms with Gasteiger partial charge in [-0.2, -0.15) is 22.1 Å². The molecule has 130 valence electrons. The summed E-state index contributed by atoms with van der Waals surface area (Å²) in [5.41, 5.74) is 2.70. The van der Waals surface area contributed by atoms with Crippen LogP contribution in [0.15, 0.2) is 0 Å². The van der Waals surface area contributed by atoms with Gasteiger partial charge in [-0.15, -0.1) is 0 Å². The Kier molecular flexibility index (Phi) is 5.05. The molecule has 2 saturated heterocycles. The summed E-state index contributed by atoms with van der Waals surface area (Å²) < 4.78 is 35.2. The average Bonchev–Trinajstić information content (AvgIpc) is 2.75. The maximum atomic E-state index is 13.2. The van der Waals surface area contributed by atoms with Gasteiger partial charge in [0.05, 0.1) is 24.9 Å². The van der Waals surface area contributed by atoms with Gasteiger partial charge in [0.2, 0.25) is 0 Å². The molecule has 2 aliphatic heterocycles. The van der Waals surface area contributed by atoms with Gasteiger partial charge in [-0.05, 0) is 26.7 Å². The minimum Gasteiger partial charge on any atom is -0.378 e. The van der Waals surface area contributed by atoms with Crippen molar-refractivity contribution in [3.63, 3.8) is 0 Å². The van der Waals surface area contributed by atoms with Gasteiger partial charge in [-0.3, -0.25) is 5.10 Å². The first-order chi connectivity index (χ1) is 11.0. The Morgan fingerprint density at radius 1 is 1.13 bits per heavy atom. The zero-order valence-electron chi connectivity index (χ0n) is 13.9. The highest BCUT2D eigenvalue weighted by Gasteiger charge is 2.39. The molecule has 2 fully saturated rings. The fourth-order valence-corrected chi connectivity index (χ4v) is 5.37. The van der Waals surface area contributed by atoms with Crippen molar-refractivity contribution in [3.05, 3.63) is 17.0 Å². The largest absolute Gasteiger partial charge is 0.378 e. The number of aromatic nitrogens is 2. The number of hydrogen-bond donors (Lipinski definition) is 1. The van der Waals surface area contributed by atoms with Gasteiger partial charge < -0.3 is 4.74 Å². The van der Waals surface area contributed by atoms with Gasteiger partial charge in [0.25, 0.3) is 10.2 Å². The lowest BCUT2D eigenvalue weighted by Crippen LogP contribution is -2.50. The molecule has 8 heteroatoms. The molecule has 1 atom stereocenters. The second-order valence-corrected chi connectivity index (χ2v) is 8.25. The normalized spacial score (nSPS) is 25.4. The third kappa shape index (κ3) is 3.31. The molecule has 0 saturated carbocycles. The fourth-order valence-electron chi connectivity index (χ4n) is 3.56. The van der Waals surface area contributed by atoms with Crippen molar-refractivity contribution in [2.24, 2.45) is 0 Å².